The highest BCUT2D eigenvalue weighted by atomic mass is 31.2. The molecular weight excluding hydrogens is 798 g/mol. The lowest BCUT2D eigenvalue weighted by molar-refractivity contribution is -0.870. The number of esters is 2. The van der Waals surface area contributed by atoms with Crippen molar-refractivity contribution < 1.29 is 42.1 Å². The zero-order valence-corrected chi connectivity index (χ0v) is 41.4. The third kappa shape index (κ3) is 47.2. The number of ether oxygens (including phenoxy) is 2. The van der Waals surface area contributed by atoms with Gasteiger partial charge in [-0.05, 0) is 77.0 Å². The van der Waals surface area contributed by atoms with Gasteiger partial charge >= 0.3 is 11.9 Å². The van der Waals surface area contributed by atoms with Crippen LogP contribution in [0.15, 0.2) is 60.8 Å². The van der Waals surface area contributed by atoms with Crippen LogP contribution in [0.1, 0.15) is 206 Å². The van der Waals surface area contributed by atoms with Crippen molar-refractivity contribution in [2.45, 2.75) is 213 Å². The molecule has 0 aromatic rings. The molecule has 0 rings (SSSR count). The standard InChI is InChI=1S/C52H94NO8P/c1-6-8-10-12-14-16-18-20-22-23-24-25-26-27-28-29-31-32-34-36-38-40-42-44-51(54)58-48-50(49-60-62(56,57)59-47-46-53(3,4)5)61-52(55)45-43-41-39-37-35-33-30-21-19-17-15-13-11-9-7-2/h9,11,15,17-18,20-21,23-24,30,50H,6-8,10,12-14,16,19,22,25-29,31-49H2,1-5H3/b11-9-,17-15-,20-18-,24-23-,30-21-. The summed E-state index contributed by atoms with van der Waals surface area (Å²) in [6.45, 7) is 4.09. The van der Waals surface area contributed by atoms with E-state index in [-0.39, 0.29) is 26.1 Å². The Morgan fingerprint density at radius 3 is 1.37 bits per heavy atom. The number of hydrogen-bond donors (Lipinski definition) is 0. The molecule has 0 saturated heterocycles. The smallest absolute Gasteiger partial charge is 0.306 e. The van der Waals surface area contributed by atoms with Crippen molar-refractivity contribution in [3.63, 3.8) is 0 Å². The summed E-state index contributed by atoms with van der Waals surface area (Å²) in [7, 11) is 1.15. The van der Waals surface area contributed by atoms with E-state index in [1.165, 1.54) is 96.3 Å². The van der Waals surface area contributed by atoms with E-state index in [9.17, 15) is 19.0 Å². The molecule has 0 aromatic carbocycles. The van der Waals surface area contributed by atoms with Gasteiger partial charge in [-0.2, -0.15) is 0 Å². The second kappa shape index (κ2) is 43.9. The quantitative estimate of drug-likeness (QED) is 0.0195. The van der Waals surface area contributed by atoms with Gasteiger partial charge in [0.15, 0.2) is 6.10 Å². The molecule has 0 aromatic heterocycles. The highest BCUT2D eigenvalue weighted by molar-refractivity contribution is 7.45. The Hall–Kier alpha value is -2.29. The number of phosphoric ester groups is 1. The molecule has 0 aliphatic heterocycles. The highest BCUT2D eigenvalue weighted by Crippen LogP contribution is 2.38. The first-order valence-corrected chi connectivity index (χ1v) is 26.5. The number of carbonyl (C=O) groups excluding carboxylic acids is 2. The Bertz CT molecular complexity index is 1240. The fraction of sp³-hybridized carbons (Fsp3) is 0.769. The van der Waals surface area contributed by atoms with E-state index in [4.69, 9.17) is 18.5 Å². The van der Waals surface area contributed by atoms with Crippen molar-refractivity contribution in [3.05, 3.63) is 60.8 Å². The normalized spacial score (nSPS) is 14.0. The molecule has 62 heavy (non-hydrogen) atoms. The Labute approximate surface area is 381 Å². The zero-order chi connectivity index (χ0) is 45.7. The third-order valence-electron chi connectivity index (χ3n) is 10.5. The fourth-order valence-electron chi connectivity index (χ4n) is 6.64. The second-order valence-corrected chi connectivity index (χ2v) is 19.2. The molecule has 9 nitrogen and oxygen atoms in total. The maximum absolute atomic E-state index is 12.7. The largest absolute Gasteiger partial charge is 0.756 e. The molecule has 2 unspecified atom stereocenters. The van der Waals surface area contributed by atoms with Gasteiger partial charge in [-0.15, -0.1) is 0 Å². The first-order chi connectivity index (χ1) is 30.0. The van der Waals surface area contributed by atoms with Crippen molar-refractivity contribution in [2.24, 2.45) is 0 Å². The summed E-state index contributed by atoms with van der Waals surface area (Å²) >= 11 is 0. The summed E-state index contributed by atoms with van der Waals surface area (Å²) in [6.07, 6.45) is 53.9. The van der Waals surface area contributed by atoms with Crippen LogP contribution in [0, 0.1) is 0 Å². The number of likely N-dealkylation sites (N-methyl/N-ethyl adjacent to an activating group) is 1. The van der Waals surface area contributed by atoms with E-state index in [1.54, 1.807) is 0 Å². The molecule has 0 heterocycles. The van der Waals surface area contributed by atoms with Crippen LogP contribution >= 0.6 is 7.82 Å². The predicted octanol–water partition coefficient (Wildman–Crippen LogP) is 14.2. The maximum atomic E-state index is 12.7. The van der Waals surface area contributed by atoms with Crippen LogP contribution < -0.4 is 4.89 Å². The van der Waals surface area contributed by atoms with Crippen LogP contribution in [0.5, 0.6) is 0 Å². The molecule has 0 bridgehead atoms. The van der Waals surface area contributed by atoms with Gasteiger partial charge in [-0.25, -0.2) is 0 Å². The summed E-state index contributed by atoms with van der Waals surface area (Å²) in [4.78, 5) is 37.7. The van der Waals surface area contributed by atoms with Gasteiger partial charge in [-0.3, -0.25) is 14.2 Å². The van der Waals surface area contributed by atoms with E-state index in [0.717, 1.165) is 77.0 Å². The lowest BCUT2D eigenvalue weighted by Crippen LogP contribution is -2.37. The van der Waals surface area contributed by atoms with Crippen molar-refractivity contribution in [1.82, 2.24) is 0 Å². The van der Waals surface area contributed by atoms with E-state index in [2.05, 4.69) is 74.6 Å². The minimum absolute atomic E-state index is 0.0369. The fourth-order valence-corrected chi connectivity index (χ4v) is 7.37. The molecule has 0 aliphatic rings. The van der Waals surface area contributed by atoms with Crippen LogP contribution in [0.25, 0.3) is 0 Å². The number of quaternary nitrogens is 1. The number of allylic oxidation sites excluding steroid dienone is 10. The van der Waals surface area contributed by atoms with E-state index in [1.807, 2.05) is 21.1 Å². The first kappa shape index (κ1) is 59.7. The third-order valence-corrected chi connectivity index (χ3v) is 11.5. The van der Waals surface area contributed by atoms with Crippen LogP contribution in [-0.2, 0) is 32.7 Å². The van der Waals surface area contributed by atoms with Crippen LogP contribution in [-0.4, -0.2) is 70.0 Å². The summed E-state index contributed by atoms with van der Waals surface area (Å²) in [6, 6.07) is 0. The van der Waals surface area contributed by atoms with Crippen molar-refractivity contribution in [2.75, 3.05) is 47.5 Å². The molecule has 0 saturated carbocycles. The molecule has 360 valence electrons. The molecule has 0 amide bonds. The summed E-state index contributed by atoms with van der Waals surface area (Å²) in [5, 5.41) is 0. The topological polar surface area (TPSA) is 111 Å². The lowest BCUT2D eigenvalue weighted by atomic mass is 10.0. The molecule has 0 spiro atoms. The van der Waals surface area contributed by atoms with Gasteiger partial charge in [0.2, 0.25) is 0 Å². The lowest BCUT2D eigenvalue weighted by Gasteiger charge is -2.28. The summed E-state index contributed by atoms with van der Waals surface area (Å²) < 4.78 is 34.0. The van der Waals surface area contributed by atoms with Crippen LogP contribution in [0.4, 0.5) is 0 Å². The maximum Gasteiger partial charge on any atom is 0.306 e. The number of rotatable bonds is 45. The van der Waals surface area contributed by atoms with E-state index in [0.29, 0.717) is 17.4 Å². The number of nitrogens with zero attached hydrogens (tertiary/aromatic N) is 1. The van der Waals surface area contributed by atoms with Gasteiger partial charge < -0.3 is 27.9 Å². The summed E-state index contributed by atoms with van der Waals surface area (Å²) in [5.74, 6) is -0.856. The second-order valence-electron chi connectivity index (χ2n) is 17.8. The average Bonchev–Trinajstić information content (AvgIpc) is 3.23. The predicted molar refractivity (Wildman–Crippen MR) is 259 cm³/mol. The molecule has 0 radical (unpaired) electrons. The molecule has 0 fully saturated rings. The molecule has 0 N–H and O–H groups in total. The minimum atomic E-state index is -4.64. The average molecular weight is 892 g/mol. The first-order valence-electron chi connectivity index (χ1n) is 25.0. The van der Waals surface area contributed by atoms with Gasteiger partial charge in [0.1, 0.15) is 19.8 Å². The van der Waals surface area contributed by atoms with Crippen molar-refractivity contribution in [1.29, 1.82) is 0 Å². The van der Waals surface area contributed by atoms with Crippen LogP contribution in [0.3, 0.4) is 0 Å². The summed E-state index contributed by atoms with van der Waals surface area (Å²) in [5.41, 5.74) is 0. The van der Waals surface area contributed by atoms with Gasteiger partial charge in [0, 0.05) is 12.8 Å². The SMILES string of the molecule is CC/C=C\C/C=C\C/C=C\CCCCCCCC(=O)OC(COC(=O)CCCCCCCCCCCCC/C=C\C/C=C\CCCCCCC)COP(=O)([O-])OCC[N+](C)(C)C. The number of unbranched alkanes of at least 4 members (excludes halogenated alkanes) is 21. The Morgan fingerprint density at radius 2 is 0.919 bits per heavy atom. The Morgan fingerprint density at radius 1 is 0.516 bits per heavy atom. The molecule has 0 aliphatic carbocycles. The molecule has 10 heteroatoms. The van der Waals surface area contributed by atoms with Crippen LogP contribution in [0.2, 0.25) is 0 Å². The minimum Gasteiger partial charge on any atom is -0.756 e. The van der Waals surface area contributed by atoms with Crippen molar-refractivity contribution >= 4 is 19.8 Å². The van der Waals surface area contributed by atoms with E-state index >= 15 is 0 Å². The van der Waals surface area contributed by atoms with E-state index < -0.39 is 32.5 Å². The Balaban J connectivity index is 4.25. The van der Waals surface area contributed by atoms with Gasteiger partial charge in [-0.1, -0.05) is 177 Å². The number of phosphoric acid groups is 1. The molecular formula is C52H94NO8P. The van der Waals surface area contributed by atoms with Gasteiger partial charge in [0.25, 0.3) is 7.82 Å². The highest BCUT2D eigenvalue weighted by Gasteiger charge is 2.21. The molecule has 2 atom stereocenters. The number of hydrogen-bond acceptors (Lipinski definition) is 8. The Kier molecular flexibility index (Phi) is 42.3. The number of carbonyl (C=O) groups is 2. The zero-order valence-electron chi connectivity index (χ0n) is 40.6. The monoisotopic (exact) mass is 892 g/mol. The van der Waals surface area contributed by atoms with Crippen molar-refractivity contribution in [3.8, 4) is 0 Å². The van der Waals surface area contributed by atoms with Gasteiger partial charge in [0.05, 0.1) is 27.7 Å².